The lowest BCUT2D eigenvalue weighted by molar-refractivity contribution is -0.133. The summed E-state index contributed by atoms with van der Waals surface area (Å²) >= 11 is 0. The molecule has 0 bridgehead atoms. The highest BCUT2D eigenvalue weighted by Crippen LogP contribution is 2.34. The first-order valence-corrected chi connectivity index (χ1v) is 13.0. The third-order valence-corrected chi connectivity index (χ3v) is 7.48. The van der Waals surface area contributed by atoms with Crippen molar-refractivity contribution in [1.82, 2.24) is 15.4 Å². The third-order valence-electron chi connectivity index (χ3n) is 7.48. The summed E-state index contributed by atoms with van der Waals surface area (Å²) in [6.07, 6.45) is 3.13. The lowest BCUT2D eigenvalue weighted by Gasteiger charge is -2.35. The van der Waals surface area contributed by atoms with Gasteiger partial charge in [-0.25, -0.2) is 0 Å². The van der Waals surface area contributed by atoms with Gasteiger partial charge in [0.2, 0.25) is 5.91 Å². The highest BCUT2D eigenvalue weighted by molar-refractivity contribution is 5.77. The predicted molar refractivity (Wildman–Crippen MR) is 139 cm³/mol. The zero-order chi connectivity index (χ0) is 25.6. The Morgan fingerprint density at radius 2 is 1.86 bits per heavy atom. The number of hydrogen-bond acceptors (Lipinski definition) is 7. The summed E-state index contributed by atoms with van der Waals surface area (Å²) in [6, 6.07) is 15.7. The van der Waals surface area contributed by atoms with Crippen LogP contribution in [0.25, 0.3) is 0 Å². The van der Waals surface area contributed by atoms with E-state index < -0.39 is 0 Å². The number of para-hydroxylation sites is 1. The Morgan fingerprint density at radius 1 is 1.08 bits per heavy atom. The van der Waals surface area contributed by atoms with Crippen LogP contribution in [0.3, 0.4) is 0 Å². The van der Waals surface area contributed by atoms with Crippen LogP contribution in [0.15, 0.2) is 53.1 Å². The molecule has 0 spiro atoms. The van der Waals surface area contributed by atoms with E-state index in [0.717, 1.165) is 61.7 Å². The molecule has 0 aliphatic carbocycles. The standard InChI is InChI=1S/C29H35N3O5/c1-34-27-13-21-9-11-32(18-23(21)14-28(27)35-2)29(33)15-20-8-10-30-17-22(20)12-24-16-26(37-31-24)19-36-25-6-4-3-5-7-25/h3-7,13-14,16,20,22,30H,8-12,15,17-19H2,1-2H3. The fraction of sp³-hybridized carbons (Fsp3) is 0.448. The molecular weight excluding hydrogens is 470 g/mol. The number of hydrogen-bond donors (Lipinski definition) is 1. The number of rotatable bonds is 9. The molecule has 3 aromatic rings. The minimum absolute atomic E-state index is 0.217. The molecule has 2 aliphatic heterocycles. The molecule has 8 heteroatoms. The lowest BCUT2D eigenvalue weighted by atomic mass is 9.80. The molecule has 2 aliphatic rings. The van der Waals surface area contributed by atoms with E-state index in [1.807, 2.05) is 53.4 Å². The van der Waals surface area contributed by atoms with Gasteiger partial charge in [-0.05, 0) is 79.6 Å². The number of benzene rings is 2. The molecule has 1 saturated heterocycles. The van der Waals surface area contributed by atoms with Gasteiger partial charge in [0.25, 0.3) is 0 Å². The van der Waals surface area contributed by atoms with Gasteiger partial charge < -0.3 is 29.0 Å². The summed E-state index contributed by atoms with van der Waals surface area (Å²) in [4.78, 5) is 15.4. The first kappa shape index (κ1) is 25.1. The van der Waals surface area contributed by atoms with Gasteiger partial charge in [-0.15, -0.1) is 0 Å². The Labute approximate surface area is 217 Å². The average Bonchev–Trinajstić information content (AvgIpc) is 3.39. The molecule has 0 saturated carbocycles. The van der Waals surface area contributed by atoms with Gasteiger partial charge in [-0.1, -0.05) is 23.4 Å². The Morgan fingerprint density at radius 3 is 2.65 bits per heavy atom. The summed E-state index contributed by atoms with van der Waals surface area (Å²) in [7, 11) is 3.29. The maximum Gasteiger partial charge on any atom is 0.223 e. The summed E-state index contributed by atoms with van der Waals surface area (Å²) in [5.74, 6) is 3.79. The minimum atomic E-state index is 0.217. The number of nitrogens with one attached hydrogen (secondary N) is 1. The number of carbonyl (C=O) groups excluding carboxylic acids is 1. The zero-order valence-electron chi connectivity index (χ0n) is 21.6. The molecule has 196 valence electrons. The molecule has 1 amide bonds. The van der Waals surface area contributed by atoms with Crippen molar-refractivity contribution in [3.05, 3.63) is 71.1 Å². The summed E-state index contributed by atoms with van der Waals surface area (Å²) in [5.41, 5.74) is 3.26. The fourth-order valence-electron chi connectivity index (χ4n) is 5.39. The number of carbonyl (C=O) groups is 1. The van der Waals surface area contributed by atoms with Gasteiger partial charge in [-0.3, -0.25) is 4.79 Å². The van der Waals surface area contributed by atoms with Crippen molar-refractivity contribution in [3.63, 3.8) is 0 Å². The van der Waals surface area contributed by atoms with Gasteiger partial charge in [0.05, 0.1) is 19.9 Å². The molecule has 2 unspecified atom stereocenters. The van der Waals surface area contributed by atoms with E-state index in [-0.39, 0.29) is 5.91 Å². The first-order valence-electron chi connectivity index (χ1n) is 13.0. The van der Waals surface area contributed by atoms with Crippen molar-refractivity contribution in [1.29, 1.82) is 0 Å². The van der Waals surface area contributed by atoms with E-state index >= 15 is 0 Å². The highest BCUT2D eigenvalue weighted by atomic mass is 16.5. The normalized spacial score (nSPS) is 19.2. The van der Waals surface area contributed by atoms with Crippen LogP contribution < -0.4 is 19.5 Å². The quantitative estimate of drug-likeness (QED) is 0.470. The van der Waals surface area contributed by atoms with E-state index in [1.165, 1.54) is 5.56 Å². The molecule has 1 N–H and O–H groups in total. The maximum absolute atomic E-state index is 13.4. The number of methoxy groups -OCH3 is 2. The SMILES string of the molecule is COc1cc2c(cc1OC)CN(C(=O)CC1CCNCC1Cc1cc(COc3ccccc3)on1)CC2. The van der Waals surface area contributed by atoms with Gasteiger partial charge in [-0.2, -0.15) is 0 Å². The van der Waals surface area contributed by atoms with Gasteiger partial charge in [0.15, 0.2) is 17.3 Å². The molecule has 5 rings (SSSR count). The van der Waals surface area contributed by atoms with E-state index in [0.29, 0.717) is 42.9 Å². The van der Waals surface area contributed by atoms with Gasteiger partial charge >= 0.3 is 0 Å². The van der Waals surface area contributed by atoms with Crippen molar-refractivity contribution in [2.45, 2.75) is 38.8 Å². The fourth-order valence-corrected chi connectivity index (χ4v) is 5.39. The van der Waals surface area contributed by atoms with Crippen molar-refractivity contribution >= 4 is 5.91 Å². The van der Waals surface area contributed by atoms with Crippen LogP contribution in [0.1, 0.15) is 35.4 Å². The predicted octanol–water partition coefficient (Wildman–Crippen LogP) is 4.01. The highest BCUT2D eigenvalue weighted by Gasteiger charge is 2.31. The van der Waals surface area contributed by atoms with Crippen LogP contribution in [-0.4, -0.2) is 49.8 Å². The molecule has 37 heavy (non-hydrogen) atoms. The van der Waals surface area contributed by atoms with Crippen molar-refractivity contribution in [2.24, 2.45) is 11.8 Å². The molecular formula is C29H35N3O5. The van der Waals surface area contributed by atoms with Crippen LogP contribution in [0.4, 0.5) is 0 Å². The summed E-state index contributed by atoms with van der Waals surface area (Å²) < 4.78 is 22.2. The lowest BCUT2D eigenvalue weighted by Crippen LogP contribution is -2.42. The molecule has 0 radical (unpaired) electrons. The molecule has 1 fully saturated rings. The zero-order valence-corrected chi connectivity index (χ0v) is 21.6. The second kappa shape index (κ2) is 11.7. The van der Waals surface area contributed by atoms with E-state index in [2.05, 4.69) is 10.5 Å². The third kappa shape index (κ3) is 6.07. The smallest absolute Gasteiger partial charge is 0.223 e. The number of ether oxygens (including phenoxy) is 3. The van der Waals surface area contributed by atoms with Gasteiger partial charge in [0.1, 0.15) is 12.4 Å². The van der Waals surface area contributed by atoms with Crippen LogP contribution in [0.5, 0.6) is 17.2 Å². The second-order valence-corrected chi connectivity index (χ2v) is 9.85. The maximum atomic E-state index is 13.4. The Balaban J connectivity index is 1.18. The number of nitrogens with zero attached hydrogens (tertiary/aromatic N) is 2. The van der Waals surface area contributed by atoms with Crippen LogP contribution >= 0.6 is 0 Å². The minimum Gasteiger partial charge on any atom is -0.493 e. The summed E-state index contributed by atoms with van der Waals surface area (Å²) in [5, 5.41) is 7.78. The van der Waals surface area contributed by atoms with Crippen LogP contribution in [-0.2, 0) is 30.8 Å². The second-order valence-electron chi connectivity index (χ2n) is 9.85. The average molecular weight is 506 g/mol. The number of piperidine rings is 1. The number of amides is 1. The van der Waals surface area contributed by atoms with E-state index in [4.69, 9.17) is 18.7 Å². The monoisotopic (exact) mass is 505 g/mol. The van der Waals surface area contributed by atoms with Crippen molar-refractivity contribution < 1.29 is 23.5 Å². The number of aromatic nitrogens is 1. The van der Waals surface area contributed by atoms with Crippen LogP contribution in [0.2, 0.25) is 0 Å². The van der Waals surface area contributed by atoms with Crippen molar-refractivity contribution in [2.75, 3.05) is 33.9 Å². The Bertz CT molecular complexity index is 1200. The molecule has 2 atom stereocenters. The molecule has 3 heterocycles. The van der Waals surface area contributed by atoms with Gasteiger partial charge in [0, 0.05) is 25.6 Å². The molecule has 2 aromatic carbocycles. The van der Waals surface area contributed by atoms with Crippen LogP contribution in [0, 0.1) is 11.8 Å². The molecule has 1 aromatic heterocycles. The van der Waals surface area contributed by atoms with E-state index in [9.17, 15) is 4.79 Å². The number of fused-ring (bicyclic) bond motifs is 1. The van der Waals surface area contributed by atoms with E-state index in [1.54, 1.807) is 14.2 Å². The largest absolute Gasteiger partial charge is 0.493 e. The Hall–Kier alpha value is -3.52. The topological polar surface area (TPSA) is 86.1 Å². The first-order chi connectivity index (χ1) is 18.1. The summed E-state index contributed by atoms with van der Waals surface area (Å²) in [6.45, 7) is 3.49. The van der Waals surface area contributed by atoms with Crippen molar-refractivity contribution in [3.8, 4) is 17.2 Å². The Kier molecular flexibility index (Phi) is 7.94. The molecule has 8 nitrogen and oxygen atoms in total.